The number of aromatic nitrogens is 2. The van der Waals surface area contributed by atoms with Gasteiger partial charge in [0.2, 0.25) is 0 Å². The molecule has 0 amide bonds. The molecule has 4 rings (SSSR count). The van der Waals surface area contributed by atoms with Crippen molar-refractivity contribution >= 4 is 22.7 Å². The molecule has 1 aliphatic rings. The lowest BCUT2D eigenvalue weighted by molar-refractivity contribution is 0.335. The first kappa shape index (κ1) is 15.1. The number of hydrogen-bond donors (Lipinski definition) is 1. The smallest absolute Gasteiger partial charge is 0.126 e. The molecule has 6 heteroatoms. The summed E-state index contributed by atoms with van der Waals surface area (Å²) in [5.74, 6) is 0. The summed E-state index contributed by atoms with van der Waals surface area (Å²) < 4.78 is 5.14. The van der Waals surface area contributed by atoms with Crippen LogP contribution in [0.1, 0.15) is 42.1 Å². The highest BCUT2D eigenvalue weighted by atomic mass is 32.1. The molecular weight excluding hydrogens is 326 g/mol. The fourth-order valence-corrected chi connectivity index (χ4v) is 5.02. The van der Waals surface area contributed by atoms with Crippen molar-refractivity contribution in [1.29, 1.82) is 0 Å². The Bertz CT molecular complexity index is 769. The van der Waals surface area contributed by atoms with Crippen molar-refractivity contribution < 1.29 is 4.42 Å². The number of rotatable bonds is 5. The van der Waals surface area contributed by atoms with Gasteiger partial charge in [0.15, 0.2) is 0 Å². The molecule has 0 saturated heterocycles. The molecule has 0 aromatic carbocycles. The van der Waals surface area contributed by atoms with Crippen LogP contribution in [-0.2, 0) is 12.1 Å². The lowest BCUT2D eigenvalue weighted by Crippen LogP contribution is -2.39. The zero-order valence-electron chi connectivity index (χ0n) is 13.0. The summed E-state index contributed by atoms with van der Waals surface area (Å²) in [5, 5.41) is 10.3. The number of furan rings is 1. The first-order valence-electron chi connectivity index (χ1n) is 7.90. The van der Waals surface area contributed by atoms with Crippen molar-refractivity contribution in [2.75, 3.05) is 0 Å². The van der Waals surface area contributed by atoms with E-state index in [4.69, 9.17) is 14.4 Å². The molecule has 0 unspecified atom stereocenters. The predicted molar refractivity (Wildman–Crippen MR) is 93.7 cm³/mol. The minimum absolute atomic E-state index is 0.0400. The molecule has 120 valence electrons. The van der Waals surface area contributed by atoms with E-state index in [1.807, 2.05) is 6.07 Å². The van der Waals surface area contributed by atoms with Gasteiger partial charge >= 0.3 is 0 Å². The molecule has 3 heterocycles. The Morgan fingerprint density at radius 3 is 2.78 bits per heavy atom. The molecule has 0 bridgehead atoms. The fourth-order valence-electron chi connectivity index (χ4n) is 3.19. The predicted octanol–water partition coefficient (Wildman–Crippen LogP) is 4.73. The summed E-state index contributed by atoms with van der Waals surface area (Å²) in [7, 11) is 0. The Labute approximate surface area is 143 Å². The third kappa shape index (κ3) is 2.98. The van der Waals surface area contributed by atoms with Crippen LogP contribution in [0.15, 0.2) is 33.8 Å². The number of aryl methyl sites for hydroxylation is 1. The van der Waals surface area contributed by atoms with Crippen LogP contribution in [0.2, 0.25) is 0 Å². The van der Waals surface area contributed by atoms with Crippen molar-refractivity contribution in [2.45, 2.75) is 44.7 Å². The first-order chi connectivity index (χ1) is 11.3. The molecule has 0 radical (unpaired) electrons. The van der Waals surface area contributed by atoms with Crippen molar-refractivity contribution in [1.82, 2.24) is 15.3 Å². The Hall–Kier alpha value is -1.50. The van der Waals surface area contributed by atoms with E-state index in [-0.39, 0.29) is 5.54 Å². The normalized spacial score (nSPS) is 16.9. The van der Waals surface area contributed by atoms with E-state index in [1.54, 1.807) is 35.2 Å². The van der Waals surface area contributed by atoms with Crippen LogP contribution in [0.5, 0.6) is 0 Å². The minimum atomic E-state index is 0.0400. The summed E-state index contributed by atoms with van der Waals surface area (Å²) in [6, 6.07) is 1.95. The van der Waals surface area contributed by atoms with Crippen molar-refractivity contribution in [3.63, 3.8) is 0 Å². The lowest BCUT2D eigenvalue weighted by atomic mass is 9.98. The molecule has 1 saturated carbocycles. The van der Waals surface area contributed by atoms with Crippen LogP contribution in [-0.4, -0.2) is 9.97 Å². The second-order valence-corrected chi connectivity index (χ2v) is 7.81. The Balaban J connectivity index is 1.50. The largest absolute Gasteiger partial charge is 0.472 e. The van der Waals surface area contributed by atoms with Crippen LogP contribution < -0.4 is 5.32 Å². The van der Waals surface area contributed by atoms with E-state index in [0.717, 1.165) is 28.5 Å². The van der Waals surface area contributed by atoms with Crippen LogP contribution in [0, 0.1) is 6.92 Å². The van der Waals surface area contributed by atoms with Gasteiger partial charge in [-0.05, 0) is 25.8 Å². The molecule has 1 fully saturated rings. The highest BCUT2D eigenvalue weighted by molar-refractivity contribution is 7.13. The highest BCUT2D eigenvalue weighted by Crippen LogP contribution is 2.40. The monoisotopic (exact) mass is 345 g/mol. The number of hydrogen-bond acceptors (Lipinski definition) is 6. The van der Waals surface area contributed by atoms with Crippen molar-refractivity contribution in [3.05, 3.63) is 45.7 Å². The Morgan fingerprint density at radius 2 is 2.09 bits per heavy atom. The standard InChI is InChI=1S/C17H19N3OS2/c1-12-10-23-16(19-12)17(5-2-3-6-17)18-8-14-11-22-15(20-14)13-4-7-21-9-13/h4,7,9-11,18H,2-3,5-6,8H2,1H3. The molecule has 0 spiro atoms. The Morgan fingerprint density at radius 1 is 1.22 bits per heavy atom. The maximum Gasteiger partial charge on any atom is 0.126 e. The van der Waals surface area contributed by atoms with Gasteiger partial charge in [0, 0.05) is 28.6 Å². The summed E-state index contributed by atoms with van der Waals surface area (Å²) in [4.78, 5) is 9.47. The molecule has 1 N–H and O–H groups in total. The Kier molecular flexibility index (Phi) is 4.05. The number of nitrogens with zero attached hydrogens (tertiary/aromatic N) is 2. The summed E-state index contributed by atoms with van der Waals surface area (Å²) >= 11 is 3.44. The van der Waals surface area contributed by atoms with E-state index in [2.05, 4.69) is 23.0 Å². The van der Waals surface area contributed by atoms with Gasteiger partial charge in [-0.2, -0.15) is 0 Å². The van der Waals surface area contributed by atoms with E-state index < -0.39 is 0 Å². The number of nitrogens with one attached hydrogen (secondary N) is 1. The summed E-state index contributed by atoms with van der Waals surface area (Å²) in [6.07, 6.45) is 8.29. The molecule has 23 heavy (non-hydrogen) atoms. The maximum atomic E-state index is 5.14. The van der Waals surface area contributed by atoms with Crippen LogP contribution >= 0.6 is 22.7 Å². The van der Waals surface area contributed by atoms with Crippen molar-refractivity contribution in [2.24, 2.45) is 0 Å². The van der Waals surface area contributed by atoms with Crippen LogP contribution in [0.25, 0.3) is 10.6 Å². The molecule has 3 aromatic rings. The molecule has 4 nitrogen and oxygen atoms in total. The van der Waals surface area contributed by atoms with Gasteiger partial charge in [0.05, 0.1) is 17.5 Å². The van der Waals surface area contributed by atoms with Gasteiger partial charge in [-0.25, -0.2) is 9.97 Å². The molecular formula is C17H19N3OS2. The van der Waals surface area contributed by atoms with E-state index in [1.165, 1.54) is 30.7 Å². The maximum absolute atomic E-state index is 5.14. The minimum Gasteiger partial charge on any atom is -0.472 e. The zero-order valence-corrected chi connectivity index (χ0v) is 14.7. The van der Waals surface area contributed by atoms with Gasteiger partial charge in [-0.1, -0.05) is 12.8 Å². The van der Waals surface area contributed by atoms with Crippen LogP contribution in [0.3, 0.4) is 0 Å². The zero-order chi connectivity index (χ0) is 15.7. The highest BCUT2D eigenvalue weighted by Gasteiger charge is 2.37. The third-order valence-electron chi connectivity index (χ3n) is 4.41. The third-order valence-corrected chi connectivity index (χ3v) is 6.52. The number of thiazole rings is 2. The second-order valence-electron chi connectivity index (χ2n) is 6.09. The topological polar surface area (TPSA) is 51.0 Å². The molecule has 3 aromatic heterocycles. The summed E-state index contributed by atoms with van der Waals surface area (Å²) in [5.41, 5.74) is 3.30. The molecule has 1 aliphatic carbocycles. The lowest BCUT2D eigenvalue weighted by Gasteiger charge is -2.28. The molecule has 0 atom stereocenters. The van der Waals surface area contributed by atoms with Gasteiger partial charge in [0.1, 0.15) is 16.3 Å². The average Bonchev–Trinajstić information content (AvgIpc) is 3.32. The second kappa shape index (κ2) is 6.19. The van der Waals surface area contributed by atoms with E-state index in [9.17, 15) is 0 Å². The SMILES string of the molecule is Cc1csc(C2(NCc3csc(-c4ccoc4)n3)CCCC2)n1. The summed E-state index contributed by atoms with van der Waals surface area (Å²) in [6.45, 7) is 2.85. The average molecular weight is 345 g/mol. The van der Waals surface area contributed by atoms with Gasteiger partial charge in [0.25, 0.3) is 0 Å². The first-order valence-corrected chi connectivity index (χ1v) is 9.66. The quantitative estimate of drug-likeness (QED) is 0.726. The molecule has 0 aliphatic heterocycles. The van der Waals surface area contributed by atoms with E-state index >= 15 is 0 Å². The van der Waals surface area contributed by atoms with Crippen molar-refractivity contribution in [3.8, 4) is 10.6 Å². The van der Waals surface area contributed by atoms with Gasteiger partial charge in [-0.15, -0.1) is 22.7 Å². The van der Waals surface area contributed by atoms with E-state index in [0.29, 0.717) is 0 Å². The van der Waals surface area contributed by atoms with Crippen LogP contribution in [0.4, 0.5) is 0 Å². The fraction of sp³-hybridized carbons (Fsp3) is 0.412. The van der Waals surface area contributed by atoms with Gasteiger partial charge < -0.3 is 4.42 Å². The van der Waals surface area contributed by atoms with Gasteiger partial charge in [-0.3, -0.25) is 5.32 Å².